The Morgan fingerprint density at radius 2 is 1.94 bits per heavy atom. The van der Waals surface area contributed by atoms with Gasteiger partial charge in [0.1, 0.15) is 11.6 Å². The summed E-state index contributed by atoms with van der Waals surface area (Å²) in [5.41, 5.74) is 2.29. The maximum absolute atomic E-state index is 13.1. The molecule has 3 heterocycles. The Morgan fingerprint density at radius 3 is 2.64 bits per heavy atom. The van der Waals surface area contributed by atoms with E-state index in [9.17, 15) is 9.59 Å². The zero-order chi connectivity index (χ0) is 23.7. The molecule has 0 unspecified atom stereocenters. The van der Waals surface area contributed by atoms with Gasteiger partial charge in [0.25, 0.3) is 5.91 Å². The second kappa shape index (κ2) is 9.13. The Kier molecular flexibility index (Phi) is 6.26. The van der Waals surface area contributed by atoms with Crippen molar-refractivity contribution in [1.82, 2.24) is 24.8 Å². The molecule has 1 aliphatic rings. The van der Waals surface area contributed by atoms with E-state index >= 15 is 0 Å². The SMILES string of the molecule is CC(C)N1C[C@H](c2cc(N(C)C)nc(CN(C)C(=O)c3ccc4ncccc4c3)n2)CC1=O. The molecule has 33 heavy (non-hydrogen) atoms. The minimum Gasteiger partial charge on any atom is -0.363 e. The Morgan fingerprint density at radius 1 is 1.15 bits per heavy atom. The van der Waals surface area contributed by atoms with Crippen LogP contribution in [0.4, 0.5) is 5.82 Å². The lowest BCUT2D eigenvalue weighted by molar-refractivity contribution is -0.129. The molecule has 0 saturated carbocycles. The summed E-state index contributed by atoms with van der Waals surface area (Å²) < 4.78 is 0. The van der Waals surface area contributed by atoms with E-state index in [2.05, 4.69) is 9.97 Å². The topological polar surface area (TPSA) is 82.5 Å². The Labute approximate surface area is 194 Å². The van der Waals surface area contributed by atoms with Gasteiger partial charge in [0, 0.05) is 69.3 Å². The van der Waals surface area contributed by atoms with Crippen LogP contribution in [0.25, 0.3) is 10.9 Å². The molecule has 1 fully saturated rings. The summed E-state index contributed by atoms with van der Waals surface area (Å²) in [6.07, 6.45) is 2.18. The summed E-state index contributed by atoms with van der Waals surface area (Å²) in [5.74, 6) is 1.39. The molecule has 172 valence electrons. The highest BCUT2D eigenvalue weighted by atomic mass is 16.2. The summed E-state index contributed by atoms with van der Waals surface area (Å²) >= 11 is 0. The monoisotopic (exact) mass is 446 g/mol. The smallest absolute Gasteiger partial charge is 0.254 e. The Hall–Kier alpha value is -3.55. The average Bonchev–Trinajstić information content (AvgIpc) is 3.20. The number of carbonyl (C=O) groups is 2. The number of carbonyl (C=O) groups excluding carboxylic acids is 2. The third kappa shape index (κ3) is 4.79. The van der Waals surface area contributed by atoms with Gasteiger partial charge in [-0.3, -0.25) is 14.6 Å². The number of amides is 2. The highest BCUT2D eigenvalue weighted by molar-refractivity contribution is 5.97. The summed E-state index contributed by atoms with van der Waals surface area (Å²) in [6, 6.07) is 11.4. The molecule has 1 aromatic carbocycles. The van der Waals surface area contributed by atoms with Crippen molar-refractivity contribution in [3.63, 3.8) is 0 Å². The van der Waals surface area contributed by atoms with E-state index in [0.29, 0.717) is 24.4 Å². The van der Waals surface area contributed by atoms with Crippen LogP contribution in [-0.4, -0.2) is 70.3 Å². The second-order valence-corrected chi connectivity index (χ2v) is 9.07. The number of nitrogens with zero attached hydrogens (tertiary/aromatic N) is 6. The number of anilines is 1. The van der Waals surface area contributed by atoms with Gasteiger partial charge < -0.3 is 14.7 Å². The van der Waals surface area contributed by atoms with Crippen LogP contribution in [0.5, 0.6) is 0 Å². The lowest BCUT2D eigenvalue weighted by Crippen LogP contribution is -2.32. The third-order valence-corrected chi connectivity index (χ3v) is 6.01. The van der Waals surface area contributed by atoms with E-state index in [1.165, 1.54) is 0 Å². The predicted molar refractivity (Wildman–Crippen MR) is 128 cm³/mol. The number of hydrogen-bond acceptors (Lipinski definition) is 6. The summed E-state index contributed by atoms with van der Waals surface area (Å²) in [4.78, 5) is 44.7. The molecule has 1 atom stereocenters. The zero-order valence-corrected chi connectivity index (χ0v) is 19.8. The lowest BCUT2D eigenvalue weighted by Gasteiger charge is -2.22. The van der Waals surface area contributed by atoms with Crippen molar-refractivity contribution in [2.24, 2.45) is 0 Å². The van der Waals surface area contributed by atoms with Crippen molar-refractivity contribution in [1.29, 1.82) is 0 Å². The van der Waals surface area contributed by atoms with E-state index in [4.69, 9.17) is 4.98 Å². The van der Waals surface area contributed by atoms with E-state index in [1.54, 1.807) is 24.2 Å². The number of fused-ring (bicyclic) bond motifs is 1. The van der Waals surface area contributed by atoms with Crippen LogP contribution in [0.2, 0.25) is 0 Å². The van der Waals surface area contributed by atoms with Crippen molar-refractivity contribution in [3.8, 4) is 0 Å². The highest BCUT2D eigenvalue weighted by Crippen LogP contribution is 2.30. The standard InChI is InChI=1S/C25H30N6O2/c1-16(2)31-14-19(12-24(31)32)21-13-23(29(3)4)28-22(27-21)15-30(5)25(33)18-8-9-20-17(11-18)7-6-10-26-20/h6-11,13,16,19H,12,14-15H2,1-5H3/t19-/m1/s1. The normalized spacial score (nSPS) is 16.0. The molecule has 0 aliphatic carbocycles. The molecule has 0 N–H and O–H groups in total. The van der Waals surface area contributed by atoms with E-state index in [1.807, 2.05) is 68.1 Å². The second-order valence-electron chi connectivity index (χ2n) is 9.07. The van der Waals surface area contributed by atoms with Gasteiger partial charge in [-0.15, -0.1) is 0 Å². The van der Waals surface area contributed by atoms with Gasteiger partial charge >= 0.3 is 0 Å². The van der Waals surface area contributed by atoms with Crippen molar-refractivity contribution >= 4 is 28.5 Å². The summed E-state index contributed by atoms with van der Waals surface area (Å²) in [5, 5.41) is 0.922. The fraction of sp³-hybridized carbons (Fsp3) is 0.400. The number of benzene rings is 1. The molecule has 2 aromatic heterocycles. The first-order chi connectivity index (χ1) is 15.7. The van der Waals surface area contributed by atoms with Crippen molar-refractivity contribution in [2.75, 3.05) is 32.6 Å². The molecular weight excluding hydrogens is 416 g/mol. The first-order valence-corrected chi connectivity index (χ1v) is 11.2. The highest BCUT2D eigenvalue weighted by Gasteiger charge is 2.33. The minimum absolute atomic E-state index is 0.0225. The van der Waals surface area contributed by atoms with Crippen LogP contribution >= 0.6 is 0 Å². The van der Waals surface area contributed by atoms with Gasteiger partial charge in [0.05, 0.1) is 17.8 Å². The fourth-order valence-electron chi connectivity index (χ4n) is 4.15. The third-order valence-electron chi connectivity index (χ3n) is 6.01. The van der Waals surface area contributed by atoms with Crippen LogP contribution in [0, 0.1) is 0 Å². The molecule has 8 nitrogen and oxygen atoms in total. The molecule has 0 spiro atoms. The van der Waals surface area contributed by atoms with Crippen LogP contribution < -0.4 is 4.90 Å². The lowest BCUT2D eigenvalue weighted by atomic mass is 10.0. The quantitative estimate of drug-likeness (QED) is 0.579. The zero-order valence-electron chi connectivity index (χ0n) is 19.8. The van der Waals surface area contributed by atoms with Crippen molar-refractivity contribution in [2.45, 2.75) is 38.8 Å². The van der Waals surface area contributed by atoms with Crippen LogP contribution in [0.15, 0.2) is 42.6 Å². The van der Waals surface area contributed by atoms with E-state index in [-0.39, 0.29) is 30.3 Å². The van der Waals surface area contributed by atoms with Gasteiger partial charge in [0.2, 0.25) is 5.91 Å². The molecule has 0 radical (unpaired) electrons. The molecule has 0 bridgehead atoms. The largest absolute Gasteiger partial charge is 0.363 e. The predicted octanol–water partition coefficient (Wildman–Crippen LogP) is 3.09. The fourth-order valence-corrected chi connectivity index (χ4v) is 4.15. The first kappa shape index (κ1) is 22.6. The van der Waals surface area contributed by atoms with Crippen LogP contribution in [0.1, 0.15) is 48.1 Å². The van der Waals surface area contributed by atoms with Crippen LogP contribution in [0.3, 0.4) is 0 Å². The Bertz CT molecular complexity index is 1190. The van der Waals surface area contributed by atoms with Gasteiger partial charge in [-0.1, -0.05) is 6.07 Å². The molecule has 8 heteroatoms. The number of pyridine rings is 1. The van der Waals surface area contributed by atoms with Crippen molar-refractivity contribution in [3.05, 3.63) is 59.7 Å². The molecule has 2 amide bonds. The van der Waals surface area contributed by atoms with Crippen molar-refractivity contribution < 1.29 is 9.59 Å². The number of aromatic nitrogens is 3. The maximum Gasteiger partial charge on any atom is 0.254 e. The summed E-state index contributed by atoms with van der Waals surface area (Å²) in [7, 11) is 5.60. The molecular formula is C25H30N6O2. The van der Waals surface area contributed by atoms with Gasteiger partial charge in [-0.2, -0.15) is 0 Å². The molecule has 4 rings (SSSR count). The summed E-state index contributed by atoms with van der Waals surface area (Å²) in [6.45, 7) is 4.98. The molecule has 3 aromatic rings. The maximum atomic E-state index is 13.1. The number of rotatable bonds is 6. The first-order valence-electron chi connectivity index (χ1n) is 11.2. The number of likely N-dealkylation sites (tertiary alicyclic amines) is 1. The molecule has 1 saturated heterocycles. The average molecular weight is 447 g/mol. The van der Waals surface area contributed by atoms with Crippen LogP contribution in [-0.2, 0) is 11.3 Å². The molecule has 1 aliphatic heterocycles. The Balaban J connectivity index is 1.57. The van der Waals surface area contributed by atoms with Gasteiger partial charge in [0.15, 0.2) is 0 Å². The number of hydrogen-bond donors (Lipinski definition) is 0. The van der Waals surface area contributed by atoms with E-state index < -0.39 is 0 Å². The van der Waals surface area contributed by atoms with Gasteiger partial charge in [-0.05, 0) is 38.1 Å². The van der Waals surface area contributed by atoms with Gasteiger partial charge in [-0.25, -0.2) is 9.97 Å². The minimum atomic E-state index is -0.108. The van der Waals surface area contributed by atoms with E-state index in [0.717, 1.165) is 22.4 Å².